The van der Waals surface area contributed by atoms with Gasteiger partial charge >= 0.3 is 84.4 Å². The van der Waals surface area contributed by atoms with Gasteiger partial charge in [0.05, 0.1) is 0 Å². The Morgan fingerprint density at radius 1 is 1.60 bits per heavy atom. The molecule has 0 heterocycles. The zero-order valence-electron chi connectivity index (χ0n) is 5.93. The minimum absolute atomic E-state index is 0.0235. The third kappa shape index (κ3) is 5.31. The fourth-order valence-corrected chi connectivity index (χ4v) is 3.72. The molecule has 0 aromatic heterocycles. The third-order valence-corrected chi connectivity index (χ3v) is 3.62. The van der Waals surface area contributed by atoms with Gasteiger partial charge in [0.1, 0.15) is 0 Å². The Morgan fingerprint density at radius 3 is 2.60 bits per heavy atom. The molecule has 0 radical (unpaired) electrons. The Morgan fingerprint density at radius 2 is 2.20 bits per heavy atom. The van der Waals surface area contributed by atoms with Gasteiger partial charge in [-0.05, 0) is 0 Å². The molecule has 2 heteroatoms. The van der Waals surface area contributed by atoms with E-state index in [1.165, 1.54) is 26.5 Å². The normalized spacial score (nSPS) is 10.7. The van der Waals surface area contributed by atoms with Crippen LogP contribution in [0, 0.1) is 0 Å². The molecule has 0 rings (SSSR count). The Labute approximate surface area is 83.8 Å². The van der Waals surface area contributed by atoms with Crippen LogP contribution in [0.2, 0.25) is 0 Å². The summed E-state index contributed by atoms with van der Waals surface area (Å²) in [4.78, 5) is 0. The molecule has 0 nitrogen and oxygen atoms in total. The van der Waals surface area contributed by atoms with Crippen molar-refractivity contribution in [2.24, 2.45) is 0 Å². The van der Waals surface area contributed by atoms with Crippen molar-refractivity contribution in [3.05, 3.63) is 32.5 Å². The van der Waals surface area contributed by atoms with Crippen molar-refractivity contribution in [3.8, 4) is 0 Å². The topological polar surface area (TPSA) is 0 Å². The molecule has 0 spiro atoms. The van der Waals surface area contributed by atoms with Crippen LogP contribution in [0.1, 0.15) is 6.92 Å². The summed E-state index contributed by atoms with van der Waals surface area (Å²) in [5.74, 6) is 0. The molecule has 0 aromatic carbocycles. The fourth-order valence-electron chi connectivity index (χ4n) is 0.355. The van der Waals surface area contributed by atoms with E-state index in [9.17, 15) is 0 Å². The summed E-state index contributed by atoms with van der Waals surface area (Å²) in [5, 5.41) is 0. The summed E-state index contributed by atoms with van der Waals surface area (Å²) in [6.07, 6.45) is 4.03. The molecular weight excluding hydrogens is 407 g/mol. The van der Waals surface area contributed by atoms with Gasteiger partial charge in [0, 0.05) is 0 Å². The van der Waals surface area contributed by atoms with Crippen LogP contribution in [-0.2, 0) is 19.4 Å². The van der Waals surface area contributed by atoms with E-state index in [0.29, 0.717) is 0 Å². The van der Waals surface area contributed by atoms with Gasteiger partial charge in [0.2, 0.25) is 0 Å². The van der Waals surface area contributed by atoms with Gasteiger partial charge in [-0.2, -0.15) is 0 Å². The molecule has 0 amide bonds. The standard InChI is InChI=1S/C8H10I.W/c1-5-7(3)9-8(4)6-2;/h1,5-6H,2,4H2,3H3;/q+1;/b7-5+;. The molecule has 54 valence electrons. The Hall–Kier alpha value is 0.508. The van der Waals surface area contributed by atoms with Gasteiger partial charge < -0.3 is 0 Å². The molecule has 0 aliphatic heterocycles. The van der Waals surface area contributed by atoms with E-state index in [4.69, 9.17) is 0 Å². The van der Waals surface area contributed by atoms with E-state index in [1.54, 1.807) is 0 Å². The molecule has 0 saturated heterocycles. The van der Waals surface area contributed by atoms with Gasteiger partial charge in [-0.3, -0.25) is 0 Å². The van der Waals surface area contributed by atoms with E-state index in [2.05, 4.69) is 30.6 Å². The van der Waals surface area contributed by atoms with Crippen LogP contribution in [-0.4, -0.2) is 4.40 Å². The van der Waals surface area contributed by atoms with E-state index in [1.807, 2.05) is 6.08 Å². The summed E-state index contributed by atoms with van der Waals surface area (Å²) >= 11 is 1.53. The zero-order chi connectivity index (χ0) is 7.98. The molecule has 0 bridgehead atoms. The molecule has 0 fully saturated rings. The van der Waals surface area contributed by atoms with Gasteiger partial charge in [0.15, 0.2) is 0 Å². The molecule has 0 N–H and O–H groups in total. The molecule has 0 aliphatic carbocycles. The minimum atomic E-state index is 0.0235. The van der Waals surface area contributed by atoms with E-state index < -0.39 is 0 Å². The number of hydrogen-bond donors (Lipinski definition) is 0. The fraction of sp³-hybridized carbons (Fsp3) is 0.125. The first-order valence-electron chi connectivity index (χ1n) is 2.79. The van der Waals surface area contributed by atoms with Crippen molar-refractivity contribution >= 4 is 4.40 Å². The van der Waals surface area contributed by atoms with Gasteiger partial charge in [-0.15, -0.1) is 0 Å². The third-order valence-electron chi connectivity index (χ3n) is 0.790. The maximum atomic E-state index is 3.88. The zero-order valence-corrected chi connectivity index (χ0v) is 11.0. The number of allylic oxidation sites excluding steroid dienone is 4. The number of hydrogen-bond acceptors (Lipinski definition) is 0. The summed E-state index contributed by atoms with van der Waals surface area (Å²) in [7, 11) is 0. The average molecular weight is 417 g/mol. The van der Waals surface area contributed by atoms with Crippen LogP contribution < -0.4 is 21.2 Å². The molecular formula is C8H10IW+. The van der Waals surface area contributed by atoms with E-state index >= 15 is 0 Å². The van der Waals surface area contributed by atoms with Crippen molar-refractivity contribution in [1.29, 1.82) is 0 Å². The van der Waals surface area contributed by atoms with Crippen molar-refractivity contribution in [2.45, 2.75) is 6.92 Å². The van der Waals surface area contributed by atoms with Crippen LogP contribution in [0.15, 0.2) is 32.5 Å². The van der Waals surface area contributed by atoms with Crippen molar-refractivity contribution in [3.63, 3.8) is 0 Å². The second-order valence-corrected chi connectivity index (χ2v) is 6.24. The number of halogens is 1. The van der Waals surface area contributed by atoms with Crippen LogP contribution in [0.25, 0.3) is 0 Å². The van der Waals surface area contributed by atoms with E-state index in [0.717, 1.165) is 0 Å². The van der Waals surface area contributed by atoms with Crippen molar-refractivity contribution < 1.29 is 40.6 Å². The first-order valence-corrected chi connectivity index (χ1v) is 6.64. The Bertz CT molecular complexity index is 180. The molecule has 0 unspecified atom stereocenters. The van der Waals surface area contributed by atoms with Crippen LogP contribution in [0.4, 0.5) is 0 Å². The van der Waals surface area contributed by atoms with Crippen molar-refractivity contribution in [2.75, 3.05) is 0 Å². The second kappa shape index (κ2) is 6.23. The summed E-state index contributed by atoms with van der Waals surface area (Å²) in [6, 6.07) is 0. The monoisotopic (exact) mass is 417 g/mol. The van der Waals surface area contributed by atoms with E-state index in [-0.39, 0.29) is 21.2 Å². The molecule has 10 heavy (non-hydrogen) atoms. The van der Waals surface area contributed by atoms with Crippen LogP contribution >= 0.6 is 0 Å². The first-order chi connectivity index (χ1) is 4.70. The SMILES string of the molecule is C=CC(=C)[I+]/C(C)=C/[CH]=[W]. The van der Waals surface area contributed by atoms with Crippen LogP contribution in [0.3, 0.4) is 0 Å². The number of rotatable bonds is 4. The quantitative estimate of drug-likeness (QED) is 0.408. The summed E-state index contributed by atoms with van der Waals surface area (Å²) in [6.45, 7) is 9.70. The molecule has 0 aromatic rings. The predicted molar refractivity (Wildman–Crippen MR) is 39.2 cm³/mol. The Kier molecular flexibility index (Phi) is 6.55. The summed E-state index contributed by atoms with van der Waals surface area (Å²) < 4.78 is 4.80. The van der Waals surface area contributed by atoms with Gasteiger partial charge in [0.25, 0.3) is 0 Å². The van der Waals surface area contributed by atoms with Crippen molar-refractivity contribution in [1.82, 2.24) is 0 Å². The summed E-state index contributed by atoms with van der Waals surface area (Å²) in [5.41, 5.74) is 0. The first kappa shape index (κ1) is 10.5. The van der Waals surface area contributed by atoms with Gasteiger partial charge in [-0.1, -0.05) is 0 Å². The van der Waals surface area contributed by atoms with Crippen LogP contribution in [0.5, 0.6) is 0 Å². The maximum absolute atomic E-state index is 3.88. The second-order valence-electron chi connectivity index (χ2n) is 1.63. The average Bonchev–Trinajstić information content (AvgIpc) is 1.88. The molecule has 0 atom stereocenters. The molecule has 0 aliphatic rings. The predicted octanol–water partition coefficient (Wildman–Crippen LogP) is -0.972. The molecule has 0 saturated carbocycles. The Balaban J connectivity index is 3.89. The van der Waals surface area contributed by atoms with Gasteiger partial charge in [-0.25, -0.2) is 0 Å².